The van der Waals surface area contributed by atoms with Gasteiger partial charge in [-0.3, -0.25) is 4.79 Å². The summed E-state index contributed by atoms with van der Waals surface area (Å²) >= 11 is 0. The first-order valence-corrected chi connectivity index (χ1v) is 6.61. The van der Waals surface area contributed by atoms with Crippen molar-refractivity contribution >= 4 is 5.78 Å². The van der Waals surface area contributed by atoms with E-state index in [1.54, 1.807) is 0 Å². The molecule has 0 radical (unpaired) electrons. The Morgan fingerprint density at radius 3 is 2.73 bits per heavy atom. The van der Waals surface area contributed by atoms with E-state index in [0.717, 1.165) is 30.1 Å². The maximum absolute atomic E-state index is 11.9. The predicted octanol–water partition coefficient (Wildman–Crippen LogP) is 3.28. The third-order valence-electron chi connectivity index (χ3n) is 5.77. The molecule has 3 rings (SSSR count). The molecule has 84 valence electrons. The Hall–Kier alpha value is -0.330. The van der Waals surface area contributed by atoms with Crippen molar-refractivity contribution in [3.63, 3.8) is 0 Å². The van der Waals surface area contributed by atoms with Crippen LogP contribution >= 0.6 is 0 Å². The van der Waals surface area contributed by atoms with E-state index in [1.807, 2.05) is 0 Å². The van der Waals surface area contributed by atoms with Gasteiger partial charge in [0, 0.05) is 12.3 Å². The molecule has 3 saturated carbocycles. The molecule has 5 atom stereocenters. The Morgan fingerprint density at radius 1 is 1.33 bits per heavy atom. The van der Waals surface area contributed by atoms with E-state index in [4.69, 9.17) is 0 Å². The summed E-state index contributed by atoms with van der Waals surface area (Å²) in [6.45, 7) is 7.07. The highest BCUT2D eigenvalue weighted by Crippen LogP contribution is 2.76. The molecule has 0 aliphatic heterocycles. The number of hydrogen-bond donors (Lipinski definition) is 0. The van der Waals surface area contributed by atoms with Crippen LogP contribution in [-0.2, 0) is 4.79 Å². The van der Waals surface area contributed by atoms with Gasteiger partial charge < -0.3 is 0 Å². The van der Waals surface area contributed by atoms with Crippen molar-refractivity contribution in [3.05, 3.63) is 0 Å². The minimum Gasteiger partial charge on any atom is -0.299 e. The van der Waals surface area contributed by atoms with E-state index in [9.17, 15) is 4.79 Å². The van der Waals surface area contributed by atoms with Crippen LogP contribution in [0.2, 0.25) is 0 Å². The first-order valence-electron chi connectivity index (χ1n) is 6.61. The lowest BCUT2D eigenvalue weighted by Crippen LogP contribution is -2.27. The second kappa shape index (κ2) is 2.87. The normalized spacial score (nSPS) is 52.9. The van der Waals surface area contributed by atoms with Gasteiger partial charge in [-0.15, -0.1) is 0 Å². The zero-order valence-corrected chi connectivity index (χ0v) is 10.1. The minimum atomic E-state index is 0.488. The van der Waals surface area contributed by atoms with E-state index in [1.165, 1.54) is 19.3 Å². The summed E-state index contributed by atoms with van der Waals surface area (Å²) in [5, 5.41) is 0. The highest BCUT2D eigenvalue weighted by molar-refractivity contribution is 5.88. The topological polar surface area (TPSA) is 17.1 Å². The van der Waals surface area contributed by atoms with Gasteiger partial charge in [-0.2, -0.15) is 0 Å². The van der Waals surface area contributed by atoms with Crippen LogP contribution in [0.1, 0.15) is 46.5 Å². The Balaban J connectivity index is 1.91. The highest BCUT2D eigenvalue weighted by Gasteiger charge is 2.75. The zero-order valence-electron chi connectivity index (χ0n) is 10.1. The molecule has 0 saturated heterocycles. The molecule has 0 aromatic rings. The smallest absolute Gasteiger partial charge is 0.136 e. The number of carbonyl (C=O) groups excluding carboxylic acids is 1. The number of fused-ring (bicyclic) bond motifs is 1. The van der Waals surface area contributed by atoms with Crippen molar-refractivity contribution in [1.29, 1.82) is 0 Å². The molecule has 0 amide bonds. The summed E-state index contributed by atoms with van der Waals surface area (Å²) in [5.74, 6) is 4.30. The monoisotopic (exact) mass is 206 g/mol. The average Bonchev–Trinajstić information content (AvgIpc) is 2.75. The number of hydrogen-bond acceptors (Lipinski definition) is 1. The third-order valence-corrected chi connectivity index (χ3v) is 5.77. The summed E-state index contributed by atoms with van der Waals surface area (Å²) < 4.78 is 0. The fourth-order valence-electron chi connectivity index (χ4n) is 4.97. The van der Waals surface area contributed by atoms with Crippen molar-refractivity contribution in [1.82, 2.24) is 0 Å². The quantitative estimate of drug-likeness (QED) is 0.643. The van der Waals surface area contributed by atoms with Crippen LogP contribution in [0, 0.1) is 35.0 Å². The fourth-order valence-corrected chi connectivity index (χ4v) is 4.97. The van der Waals surface area contributed by atoms with Gasteiger partial charge in [0.2, 0.25) is 0 Å². The molecule has 3 aliphatic carbocycles. The van der Waals surface area contributed by atoms with Gasteiger partial charge in [-0.05, 0) is 48.3 Å². The lowest BCUT2D eigenvalue weighted by atomic mass is 9.70. The number of rotatable bonds is 1. The van der Waals surface area contributed by atoms with Gasteiger partial charge in [0.15, 0.2) is 0 Å². The summed E-state index contributed by atoms with van der Waals surface area (Å²) in [6.07, 6.45) is 4.83. The molecule has 1 heteroatoms. The molecule has 1 nitrogen and oxygen atoms in total. The average molecular weight is 206 g/mol. The molecule has 0 bridgehead atoms. The lowest BCUT2D eigenvalue weighted by Gasteiger charge is -2.35. The van der Waals surface area contributed by atoms with E-state index in [2.05, 4.69) is 20.8 Å². The molecule has 0 unspecified atom stereocenters. The van der Waals surface area contributed by atoms with E-state index >= 15 is 0 Å². The maximum Gasteiger partial charge on any atom is 0.136 e. The van der Waals surface area contributed by atoms with Crippen LogP contribution in [0.4, 0.5) is 0 Å². The minimum absolute atomic E-state index is 0.488. The van der Waals surface area contributed by atoms with Crippen molar-refractivity contribution < 1.29 is 4.79 Å². The SMILES string of the molecule is CC(C)[C@H]1CC[C@@H](C)[C@@]23CCC(=O)[C@@H]2[C@@H]13. The van der Waals surface area contributed by atoms with Gasteiger partial charge >= 0.3 is 0 Å². The lowest BCUT2D eigenvalue weighted by molar-refractivity contribution is -0.119. The van der Waals surface area contributed by atoms with Crippen LogP contribution in [0.25, 0.3) is 0 Å². The second-order valence-electron chi connectivity index (χ2n) is 6.47. The Bertz CT molecular complexity index is 306. The molecule has 0 heterocycles. The van der Waals surface area contributed by atoms with Crippen molar-refractivity contribution in [2.45, 2.75) is 46.5 Å². The Morgan fingerprint density at radius 2 is 2.07 bits per heavy atom. The van der Waals surface area contributed by atoms with E-state index in [-0.39, 0.29) is 0 Å². The van der Waals surface area contributed by atoms with Crippen LogP contribution in [0.3, 0.4) is 0 Å². The number of Topliss-reactive ketones (excluding diaryl/α,β-unsaturated/α-hetero) is 1. The zero-order chi connectivity index (χ0) is 10.8. The Labute approximate surface area is 92.6 Å². The fraction of sp³-hybridized carbons (Fsp3) is 0.929. The summed E-state index contributed by atoms with van der Waals surface area (Å²) in [5.41, 5.74) is 0.490. The molecule has 3 fully saturated rings. The predicted molar refractivity (Wildman–Crippen MR) is 60.4 cm³/mol. The summed E-state index contributed by atoms with van der Waals surface area (Å²) in [6, 6.07) is 0. The van der Waals surface area contributed by atoms with E-state index < -0.39 is 0 Å². The number of carbonyl (C=O) groups is 1. The largest absolute Gasteiger partial charge is 0.299 e. The summed E-state index contributed by atoms with van der Waals surface area (Å²) in [4.78, 5) is 11.9. The molecular weight excluding hydrogens is 184 g/mol. The van der Waals surface area contributed by atoms with Crippen LogP contribution in [0.5, 0.6) is 0 Å². The molecule has 3 aliphatic rings. The third kappa shape index (κ3) is 1.02. The molecule has 1 spiro atoms. The second-order valence-corrected chi connectivity index (χ2v) is 6.47. The molecular formula is C14H22O. The Kier molecular flexibility index (Phi) is 1.88. The number of ketones is 1. The van der Waals surface area contributed by atoms with Crippen molar-refractivity contribution in [2.75, 3.05) is 0 Å². The molecule has 0 aromatic carbocycles. The van der Waals surface area contributed by atoms with Gasteiger partial charge in [0.05, 0.1) is 0 Å². The maximum atomic E-state index is 11.9. The van der Waals surface area contributed by atoms with Gasteiger partial charge in [0.1, 0.15) is 5.78 Å². The standard InChI is InChI=1S/C14H22O/c1-8(2)10-5-4-9(3)14-7-6-11(15)13(14)12(10)14/h8-10,12-13H,4-7H2,1-3H3/t9-,10-,12-,13-,14-/m1/s1. The first kappa shape index (κ1) is 9.86. The van der Waals surface area contributed by atoms with Gasteiger partial charge in [-0.1, -0.05) is 20.8 Å². The molecule has 0 aromatic heterocycles. The summed E-state index contributed by atoms with van der Waals surface area (Å²) in [7, 11) is 0. The highest BCUT2D eigenvalue weighted by atomic mass is 16.1. The van der Waals surface area contributed by atoms with E-state index in [0.29, 0.717) is 17.1 Å². The first-order chi connectivity index (χ1) is 7.09. The van der Waals surface area contributed by atoms with Crippen molar-refractivity contribution in [3.8, 4) is 0 Å². The van der Waals surface area contributed by atoms with Crippen LogP contribution in [0.15, 0.2) is 0 Å². The molecule has 15 heavy (non-hydrogen) atoms. The van der Waals surface area contributed by atoms with Gasteiger partial charge in [-0.25, -0.2) is 0 Å². The van der Waals surface area contributed by atoms with Gasteiger partial charge in [0.25, 0.3) is 0 Å². The van der Waals surface area contributed by atoms with Crippen LogP contribution in [-0.4, -0.2) is 5.78 Å². The van der Waals surface area contributed by atoms with Crippen molar-refractivity contribution in [2.24, 2.45) is 35.0 Å². The molecule has 0 N–H and O–H groups in total. The van der Waals surface area contributed by atoms with Crippen LogP contribution < -0.4 is 0 Å².